The third-order valence-corrected chi connectivity index (χ3v) is 12.5. The Bertz CT molecular complexity index is 951. The molecule has 0 saturated carbocycles. The van der Waals surface area contributed by atoms with Gasteiger partial charge in [-0.25, -0.2) is 0 Å². The van der Waals surface area contributed by atoms with Crippen LogP contribution in [0.15, 0.2) is 24.3 Å². The van der Waals surface area contributed by atoms with Crippen LogP contribution in [0.2, 0.25) is 0 Å². The van der Waals surface area contributed by atoms with Crippen molar-refractivity contribution in [2.75, 3.05) is 13.2 Å². The zero-order chi connectivity index (χ0) is 44.4. The highest BCUT2D eigenvalue weighted by Gasteiger charge is 2.18. The second-order valence-corrected chi connectivity index (χ2v) is 18.6. The number of aliphatic hydroxyl groups is 2. The van der Waals surface area contributed by atoms with Gasteiger partial charge >= 0.3 is 5.97 Å². The van der Waals surface area contributed by atoms with E-state index in [4.69, 9.17) is 4.74 Å². The van der Waals surface area contributed by atoms with Gasteiger partial charge in [-0.1, -0.05) is 244 Å². The van der Waals surface area contributed by atoms with Gasteiger partial charge in [0.2, 0.25) is 5.91 Å². The maximum absolute atomic E-state index is 12.4. The molecule has 0 spiro atoms. The van der Waals surface area contributed by atoms with Gasteiger partial charge in [0.05, 0.1) is 25.4 Å². The number of hydrogen-bond donors (Lipinski definition) is 3. The molecule has 0 aromatic heterocycles. The van der Waals surface area contributed by atoms with E-state index in [0.717, 1.165) is 70.6 Å². The monoisotopic (exact) mass is 860 g/mol. The minimum Gasteiger partial charge on any atom is -0.466 e. The summed E-state index contributed by atoms with van der Waals surface area (Å²) in [6, 6.07) is -0.647. The van der Waals surface area contributed by atoms with Gasteiger partial charge in [-0.2, -0.15) is 0 Å². The molecule has 0 saturated heterocycles. The number of amides is 1. The van der Waals surface area contributed by atoms with Gasteiger partial charge < -0.3 is 20.3 Å². The molecule has 0 bridgehead atoms. The van der Waals surface area contributed by atoms with Crippen molar-refractivity contribution in [1.82, 2.24) is 5.32 Å². The highest BCUT2D eigenvalue weighted by Crippen LogP contribution is 2.16. The number of rotatable bonds is 50. The standard InChI is InChI=1S/C55H105NO5/c1-3-5-7-9-11-13-15-17-18-19-20-21-24-27-31-35-39-43-47-53(58)52(51-57)56-54(59)48-44-40-36-32-28-25-22-26-30-34-38-42-46-50-61-55(60)49-45-41-37-33-29-23-16-14-12-10-8-6-4-2/h25,28,43,47,52-53,57-58H,3-24,26-27,29-42,44-46,48-51H2,1-2H3,(H,56,59)/b28-25-,47-43+. The number of unbranched alkanes of at least 4 members (excludes halogenated alkanes) is 37. The molecular formula is C55H105NO5. The number of carbonyl (C=O) groups excluding carboxylic acids is 2. The van der Waals surface area contributed by atoms with Crippen LogP contribution in [0.5, 0.6) is 0 Å². The number of aliphatic hydroxyl groups excluding tert-OH is 2. The SMILES string of the molecule is CCCCCCCCCCCCCCCCCC/C=C/C(O)C(CO)NC(=O)CCCCC/C=C\CCCCCCCCOC(=O)CCCCCCCCCCCCCCC. The van der Waals surface area contributed by atoms with Crippen molar-refractivity contribution in [3.8, 4) is 0 Å². The number of esters is 1. The summed E-state index contributed by atoms with van der Waals surface area (Å²) in [6.45, 7) is 4.87. The van der Waals surface area contributed by atoms with E-state index in [1.165, 1.54) is 193 Å². The fourth-order valence-corrected chi connectivity index (χ4v) is 8.27. The minimum absolute atomic E-state index is 0.0124. The van der Waals surface area contributed by atoms with Crippen molar-refractivity contribution < 1.29 is 24.5 Å². The molecule has 1 amide bonds. The Kier molecular flexibility index (Phi) is 49.6. The Morgan fingerprint density at radius 3 is 1.18 bits per heavy atom. The number of allylic oxidation sites excluding steroid dienone is 3. The average molecular weight is 860 g/mol. The van der Waals surface area contributed by atoms with Crippen molar-refractivity contribution in [2.45, 2.75) is 302 Å². The molecule has 360 valence electrons. The van der Waals surface area contributed by atoms with Crippen molar-refractivity contribution >= 4 is 11.9 Å². The average Bonchev–Trinajstić information content (AvgIpc) is 3.26. The lowest BCUT2D eigenvalue weighted by atomic mass is 10.0. The largest absolute Gasteiger partial charge is 0.466 e. The molecule has 0 fully saturated rings. The molecule has 0 aromatic rings. The normalized spacial score (nSPS) is 12.8. The molecule has 0 heterocycles. The quantitative estimate of drug-likeness (QED) is 0.0322. The molecule has 0 aliphatic rings. The van der Waals surface area contributed by atoms with Gasteiger partial charge in [-0.05, 0) is 57.8 Å². The zero-order valence-electron chi connectivity index (χ0n) is 40.9. The Balaban J connectivity index is 3.53. The van der Waals surface area contributed by atoms with E-state index in [1.807, 2.05) is 6.08 Å². The Morgan fingerprint density at radius 2 is 0.770 bits per heavy atom. The summed E-state index contributed by atoms with van der Waals surface area (Å²) in [5.74, 6) is -0.109. The lowest BCUT2D eigenvalue weighted by molar-refractivity contribution is -0.143. The van der Waals surface area contributed by atoms with Crippen molar-refractivity contribution in [3.63, 3.8) is 0 Å². The fourth-order valence-electron chi connectivity index (χ4n) is 8.27. The molecule has 0 aliphatic heterocycles. The zero-order valence-corrected chi connectivity index (χ0v) is 40.9. The van der Waals surface area contributed by atoms with E-state index in [1.54, 1.807) is 6.08 Å². The molecule has 61 heavy (non-hydrogen) atoms. The number of nitrogens with one attached hydrogen (secondary N) is 1. The molecule has 0 aliphatic carbocycles. The van der Waals surface area contributed by atoms with E-state index >= 15 is 0 Å². The number of ether oxygens (including phenoxy) is 1. The molecule has 2 unspecified atom stereocenters. The van der Waals surface area contributed by atoms with Gasteiger partial charge in [-0.3, -0.25) is 9.59 Å². The molecule has 0 rings (SSSR count). The van der Waals surface area contributed by atoms with Crippen LogP contribution in [0.25, 0.3) is 0 Å². The lowest BCUT2D eigenvalue weighted by Crippen LogP contribution is -2.45. The van der Waals surface area contributed by atoms with Crippen molar-refractivity contribution in [3.05, 3.63) is 24.3 Å². The second-order valence-electron chi connectivity index (χ2n) is 18.6. The van der Waals surface area contributed by atoms with Crippen LogP contribution in [-0.4, -0.2) is 47.4 Å². The smallest absolute Gasteiger partial charge is 0.305 e. The van der Waals surface area contributed by atoms with Crippen molar-refractivity contribution in [2.24, 2.45) is 0 Å². The third-order valence-electron chi connectivity index (χ3n) is 12.5. The number of hydrogen-bond acceptors (Lipinski definition) is 5. The van der Waals surface area contributed by atoms with Crippen LogP contribution >= 0.6 is 0 Å². The van der Waals surface area contributed by atoms with Gasteiger partial charge in [-0.15, -0.1) is 0 Å². The number of carbonyl (C=O) groups is 2. The summed E-state index contributed by atoms with van der Waals surface area (Å²) in [7, 11) is 0. The molecule has 0 aromatic carbocycles. The van der Waals surface area contributed by atoms with Gasteiger partial charge in [0.15, 0.2) is 0 Å². The van der Waals surface area contributed by atoms with Crippen molar-refractivity contribution in [1.29, 1.82) is 0 Å². The fraction of sp³-hybridized carbons (Fsp3) is 0.891. The lowest BCUT2D eigenvalue weighted by Gasteiger charge is -2.19. The topological polar surface area (TPSA) is 95.9 Å². The summed E-state index contributed by atoms with van der Waals surface area (Å²) in [5.41, 5.74) is 0. The van der Waals surface area contributed by atoms with Crippen LogP contribution < -0.4 is 5.32 Å². The molecular weight excluding hydrogens is 755 g/mol. The van der Waals surface area contributed by atoms with E-state index in [0.29, 0.717) is 19.4 Å². The van der Waals surface area contributed by atoms with Crippen LogP contribution in [-0.2, 0) is 14.3 Å². The molecule has 6 nitrogen and oxygen atoms in total. The summed E-state index contributed by atoms with van der Waals surface area (Å²) < 4.78 is 5.45. The van der Waals surface area contributed by atoms with Crippen LogP contribution in [0.4, 0.5) is 0 Å². The molecule has 2 atom stereocenters. The van der Waals surface area contributed by atoms with E-state index in [2.05, 4.69) is 31.3 Å². The summed E-state index contributed by atoms with van der Waals surface area (Å²) in [4.78, 5) is 24.5. The van der Waals surface area contributed by atoms with E-state index < -0.39 is 12.1 Å². The Morgan fingerprint density at radius 1 is 0.443 bits per heavy atom. The van der Waals surface area contributed by atoms with Gasteiger partial charge in [0.1, 0.15) is 0 Å². The summed E-state index contributed by atoms with van der Waals surface area (Å²) >= 11 is 0. The Labute approximate surface area is 380 Å². The molecule has 0 radical (unpaired) electrons. The maximum atomic E-state index is 12.4. The van der Waals surface area contributed by atoms with Crippen LogP contribution in [0, 0.1) is 0 Å². The first kappa shape index (κ1) is 59.3. The van der Waals surface area contributed by atoms with Gasteiger partial charge in [0.25, 0.3) is 0 Å². The van der Waals surface area contributed by atoms with Gasteiger partial charge in [0, 0.05) is 12.8 Å². The first-order valence-corrected chi connectivity index (χ1v) is 27.1. The predicted molar refractivity (Wildman–Crippen MR) is 264 cm³/mol. The summed E-state index contributed by atoms with van der Waals surface area (Å²) in [5, 5.41) is 23.1. The van der Waals surface area contributed by atoms with E-state index in [-0.39, 0.29) is 18.5 Å². The first-order valence-electron chi connectivity index (χ1n) is 27.1. The van der Waals surface area contributed by atoms with E-state index in [9.17, 15) is 19.8 Å². The molecule has 3 N–H and O–H groups in total. The predicted octanol–water partition coefficient (Wildman–Crippen LogP) is 16.3. The summed E-state index contributed by atoms with van der Waals surface area (Å²) in [6.07, 6.45) is 60.4. The highest BCUT2D eigenvalue weighted by atomic mass is 16.5. The molecule has 6 heteroatoms. The maximum Gasteiger partial charge on any atom is 0.305 e. The second kappa shape index (κ2) is 51.0. The first-order chi connectivity index (χ1) is 30.0. The third kappa shape index (κ3) is 47.7. The Hall–Kier alpha value is -1.66. The van der Waals surface area contributed by atoms with Crippen LogP contribution in [0.3, 0.4) is 0 Å². The van der Waals surface area contributed by atoms with Crippen LogP contribution in [0.1, 0.15) is 290 Å². The highest BCUT2D eigenvalue weighted by molar-refractivity contribution is 5.76. The minimum atomic E-state index is -0.861.